The Bertz CT molecular complexity index is 811. The molecule has 1 N–H and O–H groups in total. The molecule has 1 amide bonds. The number of rotatable bonds is 4. The summed E-state index contributed by atoms with van der Waals surface area (Å²) in [6.45, 7) is 0. The number of methoxy groups -OCH3 is 1. The molecule has 3 nitrogen and oxygen atoms in total. The fourth-order valence-electron chi connectivity index (χ4n) is 2.48. The van der Waals surface area contributed by atoms with Crippen molar-refractivity contribution in [3.63, 3.8) is 0 Å². The monoisotopic (exact) mass is 291 g/mol. The van der Waals surface area contributed by atoms with Crippen LogP contribution in [0.3, 0.4) is 0 Å². The van der Waals surface area contributed by atoms with E-state index in [9.17, 15) is 4.79 Å². The van der Waals surface area contributed by atoms with E-state index in [1.165, 1.54) is 5.39 Å². The van der Waals surface area contributed by atoms with Crippen molar-refractivity contribution in [1.29, 1.82) is 0 Å². The molecule has 0 radical (unpaired) electrons. The van der Waals surface area contributed by atoms with Gasteiger partial charge in [-0.25, -0.2) is 0 Å². The smallest absolute Gasteiger partial charge is 0.228 e. The van der Waals surface area contributed by atoms with E-state index in [4.69, 9.17) is 4.74 Å². The molecule has 0 aliphatic rings. The van der Waals surface area contributed by atoms with Gasteiger partial charge in [-0.3, -0.25) is 4.79 Å². The number of carbonyl (C=O) groups excluding carboxylic acids is 1. The van der Waals surface area contributed by atoms with Crippen molar-refractivity contribution in [2.24, 2.45) is 0 Å². The maximum atomic E-state index is 12.2. The first-order valence-electron chi connectivity index (χ1n) is 7.17. The van der Waals surface area contributed by atoms with Gasteiger partial charge in [0, 0.05) is 0 Å². The zero-order chi connectivity index (χ0) is 15.4. The van der Waals surface area contributed by atoms with Gasteiger partial charge in [-0.1, -0.05) is 54.6 Å². The Morgan fingerprint density at radius 2 is 1.68 bits per heavy atom. The van der Waals surface area contributed by atoms with Crippen molar-refractivity contribution in [1.82, 2.24) is 0 Å². The third-order valence-electron chi connectivity index (χ3n) is 3.56. The molecule has 0 spiro atoms. The lowest BCUT2D eigenvalue weighted by Gasteiger charge is -2.10. The Hall–Kier alpha value is -2.81. The number of ether oxygens (including phenoxy) is 1. The average Bonchev–Trinajstić information content (AvgIpc) is 2.55. The summed E-state index contributed by atoms with van der Waals surface area (Å²) in [6, 6.07) is 21.6. The number of carbonyl (C=O) groups is 1. The van der Waals surface area contributed by atoms with Gasteiger partial charge >= 0.3 is 0 Å². The molecule has 0 heterocycles. The third kappa shape index (κ3) is 3.09. The van der Waals surface area contributed by atoms with Crippen molar-refractivity contribution < 1.29 is 9.53 Å². The molecule has 0 fully saturated rings. The van der Waals surface area contributed by atoms with Crippen LogP contribution in [0, 0.1) is 0 Å². The van der Waals surface area contributed by atoms with Gasteiger partial charge < -0.3 is 10.1 Å². The largest absolute Gasteiger partial charge is 0.495 e. The molecule has 0 aliphatic heterocycles. The highest BCUT2D eigenvalue weighted by Crippen LogP contribution is 2.23. The molecule has 3 rings (SSSR count). The Labute approximate surface area is 129 Å². The van der Waals surface area contributed by atoms with Crippen molar-refractivity contribution in [2.75, 3.05) is 12.4 Å². The lowest BCUT2D eigenvalue weighted by atomic mass is 10.0. The summed E-state index contributed by atoms with van der Waals surface area (Å²) in [6.07, 6.45) is 0.336. The Balaban J connectivity index is 1.75. The van der Waals surface area contributed by atoms with Crippen LogP contribution in [0.1, 0.15) is 5.56 Å². The highest BCUT2D eigenvalue weighted by atomic mass is 16.5. The summed E-state index contributed by atoms with van der Waals surface area (Å²) >= 11 is 0. The number of hydrogen-bond acceptors (Lipinski definition) is 2. The maximum Gasteiger partial charge on any atom is 0.228 e. The minimum atomic E-state index is -0.0558. The lowest BCUT2D eigenvalue weighted by Crippen LogP contribution is -2.14. The van der Waals surface area contributed by atoms with Crippen molar-refractivity contribution in [3.8, 4) is 5.75 Å². The molecule has 0 saturated heterocycles. The van der Waals surface area contributed by atoms with Crippen LogP contribution in [0.15, 0.2) is 66.7 Å². The van der Waals surface area contributed by atoms with E-state index in [0.29, 0.717) is 17.9 Å². The second-order valence-electron chi connectivity index (χ2n) is 5.11. The summed E-state index contributed by atoms with van der Waals surface area (Å²) in [5.74, 6) is 0.606. The topological polar surface area (TPSA) is 38.3 Å². The SMILES string of the molecule is COc1ccccc1NC(=O)Cc1ccc2ccccc2c1. The number of amides is 1. The first kappa shape index (κ1) is 14.1. The fourth-order valence-corrected chi connectivity index (χ4v) is 2.48. The Morgan fingerprint density at radius 3 is 2.50 bits per heavy atom. The van der Waals surface area contributed by atoms with Gasteiger partial charge in [-0.2, -0.15) is 0 Å². The minimum Gasteiger partial charge on any atom is -0.495 e. The Morgan fingerprint density at radius 1 is 0.955 bits per heavy atom. The fraction of sp³-hybridized carbons (Fsp3) is 0.105. The second kappa shape index (κ2) is 6.31. The van der Waals surface area contributed by atoms with Crippen LogP contribution in [0.5, 0.6) is 5.75 Å². The first-order valence-corrected chi connectivity index (χ1v) is 7.17. The number of fused-ring (bicyclic) bond motifs is 1. The van der Waals surface area contributed by atoms with Crippen LogP contribution in [0.4, 0.5) is 5.69 Å². The molecule has 0 unspecified atom stereocenters. The molecule has 3 heteroatoms. The van der Waals surface area contributed by atoms with Crippen LogP contribution in [-0.2, 0) is 11.2 Å². The average molecular weight is 291 g/mol. The highest BCUT2D eigenvalue weighted by Gasteiger charge is 2.08. The summed E-state index contributed by atoms with van der Waals surface area (Å²) in [7, 11) is 1.59. The molecule has 110 valence electrons. The van der Waals surface area contributed by atoms with E-state index < -0.39 is 0 Å². The lowest BCUT2D eigenvalue weighted by molar-refractivity contribution is -0.115. The normalized spacial score (nSPS) is 10.4. The van der Waals surface area contributed by atoms with E-state index >= 15 is 0 Å². The zero-order valence-electron chi connectivity index (χ0n) is 12.4. The molecular formula is C19H17NO2. The molecule has 0 bridgehead atoms. The van der Waals surface area contributed by atoms with Gasteiger partial charge in [0.05, 0.1) is 19.2 Å². The summed E-state index contributed by atoms with van der Waals surface area (Å²) in [5.41, 5.74) is 1.68. The molecular weight excluding hydrogens is 274 g/mol. The molecule has 0 aromatic heterocycles. The highest BCUT2D eigenvalue weighted by molar-refractivity contribution is 5.94. The quantitative estimate of drug-likeness (QED) is 0.788. The summed E-state index contributed by atoms with van der Waals surface area (Å²) in [4.78, 5) is 12.2. The van der Waals surface area contributed by atoms with Crippen LogP contribution in [0.2, 0.25) is 0 Å². The van der Waals surface area contributed by atoms with Gasteiger partial charge in [0.1, 0.15) is 5.75 Å². The predicted molar refractivity (Wildman–Crippen MR) is 89.3 cm³/mol. The molecule has 0 atom stereocenters. The number of benzene rings is 3. The minimum absolute atomic E-state index is 0.0558. The van der Waals surface area contributed by atoms with E-state index in [1.54, 1.807) is 7.11 Å². The predicted octanol–water partition coefficient (Wildman–Crippen LogP) is 4.03. The number of nitrogens with one attached hydrogen (secondary N) is 1. The van der Waals surface area contributed by atoms with Crippen molar-refractivity contribution in [3.05, 3.63) is 72.3 Å². The zero-order valence-corrected chi connectivity index (χ0v) is 12.4. The first-order chi connectivity index (χ1) is 10.8. The van der Waals surface area contributed by atoms with Crippen molar-refractivity contribution in [2.45, 2.75) is 6.42 Å². The van der Waals surface area contributed by atoms with Crippen LogP contribution >= 0.6 is 0 Å². The van der Waals surface area contributed by atoms with Crippen LogP contribution in [-0.4, -0.2) is 13.0 Å². The Kier molecular flexibility index (Phi) is 4.05. The summed E-state index contributed by atoms with van der Waals surface area (Å²) in [5, 5.41) is 5.21. The standard InChI is InChI=1S/C19H17NO2/c1-22-18-9-5-4-8-17(18)20-19(21)13-14-10-11-15-6-2-3-7-16(15)12-14/h2-12H,13H2,1H3,(H,20,21). The van der Waals surface area contributed by atoms with Crippen LogP contribution < -0.4 is 10.1 Å². The second-order valence-corrected chi connectivity index (χ2v) is 5.11. The van der Waals surface area contributed by atoms with Gasteiger partial charge in [-0.15, -0.1) is 0 Å². The van der Waals surface area contributed by atoms with Gasteiger partial charge in [0.15, 0.2) is 0 Å². The van der Waals surface area contributed by atoms with E-state index in [0.717, 1.165) is 10.9 Å². The number of hydrogen-bond donors (Lipinski definition) is 1. The van der Waals surface area contributed by atoms with Crippen molar-refractivity contribution >= 4 is 22.4 Å². The maximum absolute atomic E-state index is 12.2. The molecule has 22 heavy (non-hydrogen) atoms. The molecule has 0 aliphatic carbocycles. The van der Waals surface area contributed by atoms with E-state index in [1.807, 2.05) is 48.5 Å². The van der Waals surface area contributed by atoms with Gasteiger partial charge in [0.2, 0.25) is 5.91 Å². The number of anilines is 1. The third-order valence-corrected chi connectivity index (χ3v) is 3.56. The van der Waals surface area contributed by atoms with E-state index in [-0.39, 0.29) is 5.91 Å². The molecule has 0 saturated carbocycles. The number of para-hydroxylation sites is 2. The molecule has 3 aromatic carbocycles. The van der Waals surface area contributed by atoms with Crippen LogP contribution in [0.25, 0.3) is 10.8 Å². The van der Waals surface area contributed by atoms with Gasteiger partial charge in [-0.05, 0) is 28.5 Å². The van der Waals surface area contributed by atoms with E-state index in [2.05, 4.69) is 23.5 Å². The summed E-state index contributed by atoms with van der Waals surface area (Å²) < 4.78 is 5.24. The van der Waals surface area contributed by atoms with Gasteiger partial charge in [0.25, 0.3) is 0 Å². The molecule has 3 aromatic rings.